The molecular formula is C6H7F6O3P. The highest BCUT2D eigenvalue weighted by atomic mass is 31.2. The number of rotatable bonds is 3. The zero-order chi connectivity index (χ0) is 13.4. The van der Waals surface area contributed by atoms with Crippen LogP contribution in [0.2, 0.25) is 0 Å². The van der Waals surface area contributed by atoms with Crippen LogP contribution in [0.5, 0.6) is 0 Å². The highest BCUT2D eigenvalue weighted by Gasteiger charge is 2.56. The molecule has 0 rings (SSSR count). The van der Waals surface area contributed by atoms with Crippen molar-refractivity contribution in [3.05, 3.63) is 0 Å². The fourth-order valence-electron chi connectivity index (χ4n) is 0.873. The molecule has 1 N–H and O–H groups in total. The molecule has 0 aliphatic carbocycles. The van der Waals surface area contributed by atoms with Crippen LogP contribution in [0, 0.1) is 0 Å². The number of carboxylic acid groups (broad SMARTS) is 1. The summed E-state index contributed by atoms with van der Waals surface area (Å²) in [6.07, 6.45) is -12.9. The summed E-state index contributed by atoms with van der Waals surface area (Å²) < 4.78 is 83.0. The van der Waals surface area contributed by atoms with Crippen molar-refractivity contribution in [2.75, 3.05) is 6.16 Å². The van der Waals surface area contributed by atoms with Crippen LogP contribution in [-0.2, 0) is 4.57 Å². The molecule has 0 bridgehead atoms. The van der Waals surface area contributed by atoms with Gasteiger partial charge in [0.15, 0.2) is 0 Å². The SMILES string of the molecule is CC(C(F)(F)F)P(=O)(CC(F)(F)F)C(=O)O. The Morgan fingerprint density at radius 2 is 1.62 bits per heavy atom. The van der Waals surface area contributed by atoms with Gasteiger partial charge in [0.1, 0.15) is 11.8 Å². The van der Waals surface area contributed by atoms with Crippen LogP contribution in [0.1, 0.15) is 6.92 Å². The second-order valence-corrected chi connectivity index (χ2v) is 6.13. The van der Waals surface area contributed by atoms with Crippen LogP contribution in [0.4, 0.5) is 31.1 Å². The number of hydrogen-bond donors (Lipinski definition) is 1. The number of alkyl halides is 6. The van der Waals surface area contributed by atoms with Crippen molar-refractivity contribution >= 4 is 12.9 Å². The topological polar surface area (TPSA) is 54.4 Å². The van der Waals surface area contributed by atoms with E-state index in [0.717, 1.165) is 0 Å². The third kappa shape index (κ3) is 3.70. The van der Waals surface area contributed by atoms with Crippen molar-refractivity contribution in [2.45, 2.75) is 24.9 Å². The smallest absolute Gasteiger partial charge is 0.398 e. The van der Waals surface area contributed by atoms with E-state index in [4.69, 9.17) is 5.11 Å². The molecule has 0 spiro atoms. The Bertz CT molecular complexity index is 319. The molecule has 0 saturated carbocycles. The van der Waals surface area contributed by atoms with Gasteiger partial charge in [-0.1, -0.05) is 0 Å². The van der Waals surface area contributed by atoms with E-state index in [-0.39, 0.29) is 6.92 Å². The van der Waals surface area contributed by atoms with Gasteiger partial charge in [0.2, 0.25) is 7.14 Å². The van der Waals surface area contributed by atoms with Crippen LogP contribution in [0.25, 0.3) is 0 Å². The Balaban J connectivity index is 5.31. The predicted octanol–water partition coefficient (Wildman–Crippen LogP) is 3.54. The molecule has 96 valence electrons. The van der Waals surface area contributed by atoms with Crippen LogP contribution < -0.4 is 0 Å². The van der Waals surface area contributed by atoms with Crippen LogP contribution >= 0.6 is 7.14 Å². The quantitative estimate of drug-likeness (QED) is 0.631. The summed E-state index contributed by atoms with van der Waals surface area (Å²) in [6.45, 7) is 0.167. The van der Waals surface area contributed by atoms with Gasteiger partial charge in [-0.15, -0.1) is 0 Å². The van der Waals surface area contributed by atoms with Crippen molar-refractivity contribution in [1.82, 2.24) is 0 Å². The number of halogens is 6. The third-order valence-electron chi connectivity index (χ3n) is 1.84. The Labute approximate surface area is 85.8 Å². The van der Waals surface area contributed by atoms with Gasteiger partial charge >= 0.3 is 18.1 Å². The highest BCUT2D eigenvalue weighted by molar-refractivity contribution is 7.80. The van der Waals surface area contributed by atoms with Gasteiger partial charge in [-0.25, -0.2) is 4.79 Å². The average molecular weight is 272 g/mol. The number of hydrogen-bond acceptors (Lipinski definition) is 2. The lowest BCUT2D eigenvalue weighted by molar-refractivity contribution is -0.129. The summed E-state index contributed by atoms with van der Waals surface area (Å²) in [5.41, 5.74) is -5.59. The highest BCUT2D eigenvalue weighted by Crippen LogP contribution is 2.59. The zero-order valence-corrected chi connectivity index (χ0v) is 8.66. The second kappa shape index (κ2) is 4.27. The van der Waals surface area contributed by atoms with Gasteiger partial charge in [0.05, 0.1) is 0 Å². The Morgan fingerprint density at radius 3 is 1.81 bits per heavy atom. The molecule has 0 aromatic heterocycles. The Hall–Kier alpha value is -0.720. The van der Waals surface area contributed by atoms with Crippen molar-refractivity contribution in [1.29, 1.82) is 0 Å². The lowest BCUT2D eigenvalue weighted by Gasteiger charge is -2.23. The fraction of sp³-hybridized carbons (Fsp3) is 0.833. The molecule has 2 unspecified atom stereocenters. The normalized spacial score (nSPS) is 18.9. The van der Waals surface area contributed by atoms with E-state index < -0.39 is 37.0 Å². The first-order chi connectivity index (χ1) is 6.81. The molecule has 2 atom stereocenters. The minimum Gasteiger partial charge on any atom is -0.476 e. The minimum atomic E-state index is -5.46. The van der Waals surface area contributed by atoms with Crippen molar-refractivity contribution in [2.24, 2.45) is 0 Å². The van der Waals surface area contributed by atoms with Crippen LogP contribution in [0.3, 0.4) is 0 Å². The van der Waals surface area contributed by atoms with Crippen molar-refractivity contribution < 1.29 is 40.8 Å². The van der Waals surface area contributed by atoms with E-state index in [9.17, 15) is 35.7 Å². The standard InChI is InChI=1S/C6H7F6O3P/c1-3(6(10,11)12)16(15,4(13)14)2-5(7,8)9/h3H,2H2,1H3,(H,13,14). The molecule has 0 radical (unpaired) electrons. The summed E-state index contributed by atoms with van der Waals surface area (Å²) in [4.78, 5) is 10.3. The largest absolute Gasteiger partial charge is 0.476 e. The first-order valence-electron chi connectivity index (χ1n) is 3.76. The maximum atomic E-state index is 12.1. The van der Waals surface area contributed by atoms with E-state index >= 15 is 0 Å². The van der Waals surface area contributed by atoms with Crippen LogP contribution in [0.15, 0.2) is 0 Å². The van der Waals surface area contributed by atoms with Gasteiger partial charge in [-0.3, -0.25) is 0 Å². The van der Waals surface area contributed by atoms with E-state index in [2.05, 4.69) is 0 Å². The zero-order valence-electron chi connectivity index (χ0n) is 7.76. The summed E-state index contributed by atoms with van der Waals surface area (Å²) in [5.74, 6) is 0. The fourth-order valence-corrected chi connectivity index (χ4v) is 2.62. The van der Waals surface area contributed by atoms with Gasteiger partial charge in [-0.2, -0.15) is 26.3 Å². The first kappa shape index (κ1) is 15.3. The molecule has 0 aromatic carbocycles. The lowest BCUT2D eigenvalue weighted by atomic mass is 10.5. The van der Waals surface area contributed by atoms with Crippen LogP contribution in [-0.4, -0.2) is 35.0 Å². The first-order valence-corrected chi connectivity index (χ1v) is 5.72. The molecule has 0 saturated heterocycles. The Kier molecular flexibility index (Phi) is 4.08. The van der Waals surface area contributed by atoms with Gasteiger partial charge < -0.3 is 9.67 Å². The number of carbonyl (C=O) groups is 1. The monoisotopic (exact) mass is 272 g/mol. The summed E-state index contributed by atoms with van der Waals surface area (Å²) in [7, 11) is -5.46. The van der Waals surface area contributed by atoms with Gasteiger partial charge in [-0.05, 0) is 6.92 Å². The predicted molar refractivity (Wildman–Crippen MR) is 42.1 cm³/mol. The lowest BCUT2D eigenvalue weighted by Crippen LogP contribution is -2.32. The summed E-state index contributed by atoms with van der Waals surface area (Å²) >= 11 is 0. The molecule has 0 fully saturated rings. The average Bonchev–Trinajstić information content (AvgIpc) is 1.97. The molecule has 0 aliphatic heterocycles. The molecule has 0 heterocycles. The molecule has 0 amide bonds. The molecule has 0 aliphatic rings. The minimum absolute atomic E-state index is 0.167. The third-order valence-corrected chi connectivity index (χ3v) is 4.86. The van der Waals surface area contributed by atoms with Crippen molar-refractivity contribution in [3.8, 4) is 0 Å². The molecule has 0 aromatic rings. The molecule has 3 nitrogen and oxygen atoms in total. The maximum absolute atomic E-state index is 12.1. The van der Waals surface area contributed by atoms with Crippen molar-refractivity contribution in [3.63, 3.8) is 0 Å². The second-order valence-electron chi connectivity index (χ2n) is 3.07. The van der Waals surface area contributed by atoms with Gasteiger partial charge in [0, 0.05) is 0 Å². The summed E-state index contributed by atoms with van der Waals surface area (Å²) in [6, 6.07) is 0. The molecule has 16 heavy (non-hydrogen) atoms. The van der Waals surface area contributed by atoms with E-state index in [1.807, 2.05) is 0 Å². The molecular weight excluding hydrogens is 265 g/mol. The van der Waals surface area contributed by atoms with E-state index in [0.29, 0.717) is 0 Å². The Morgan fingerprint density at radius 1 is 1.25 bits per heavy atom. The summed E-state index contributed by atoms with van der Waals surface area (Å²) in [5, 5.41) is 8.27. The van der Waals surface area contributed by atoms with E-state index in [1.54, 1.807) is 0 Å². The maximum Gasteiger partial charge on any atom is 0.398 e. The molecule has 10 heteroatoms. The van der Waals surface area contributed by atoms with E-state index in [1.165, 1.54) is 0 Å². The van der Waals surface area contributed by atoms with Gasteiger partial charge in [0.25, 0.3) is 0 Å².